The van der Waals surface area contributed by atoms with Crippen LogP contribution in [0, 0.1) is 5.92 Å². The van der Waals surface area contributed by atoms with Gasteiger partial charge < -0.3 is 16.0 Å². The highest BCUT2D eigenvalue weighted by Gasteiger charge is 2.37. The lowest BCUT2D eigenvalue weighted by Crippen LogP contribution is -2.53. The highest BCUT2D eigenvalue weighted by atomic mass is 16.1. The van der Waals surface area contributed by atoms with Crippen molar-refractivity contribution < 1.29 is 4.79 Å². The highest BCUT2D eigenvalue weighted by molar-refractivity contribution is 5.80. The first-order chi connectivity index (χ1) is 11.0. The molecule has 2 aliphatic rings. The van der Waals surface area contributed by atoms with Crippen molar-refractivity contribution in [2.24, 2.45) is 11.7 Å². The zero-order chi connectivity index (χ0) is 16.4. The summed E-state index contributed by atoms with van der Waals surface area (Å²) >= 11 is 0. The summed E-state index contributed by atoms with van der Waals surface area (Å²) in [5.74, 6) is 0.0920. The van der Waals surface area contributed by atoms with Gasteiger partial charge in [0, 0.05) is 30.4 Å². The van der Waals surface area contributed by atoms with Gasteiger partial charge in [0.25, 0.3) is 0 Å². The Labute approximate surface area is 139 Å². The summed E-state index contributed by atoms with van der Waals surface area (Å²) in [7, 11) is 0. The number of carbonyl (C=O) groups excluding carboxylic acids is 1. The van der Waals surface area contributed by atoms with Gasteiger partial charge in [-0.25, -0.2) is 0 Å². The predicted molar refractivity (Wildman–Crippen MR) is 94.5 cm³/mol. The lowest BCUT2D eigenvalue weighted by Gasteiger charge is -2.37. The maximum absolute atomic E-state index is 12.5. The van der Waals surface area contributed by atoms with Crippen LogP contribution in [0.25, 0.3) is 0 Å². The number of hydrogen-bond donors (Lipinski definition) is 2. The molecule has 0 saturated heterocycles. The number of nitrogens with zero attached hydrogens (tertiary/aromatic N) is 1. The molecule has 1 aromatic rings. The van der Waals surface area contributed by atoms with E-state index < -0.39 is 0 Å². The smallest absolute Gasteiger partial charge is 0.225 e. The van der Waals surface area contributed by atoms with Crippen molar-refractivity contribution >= 4 is 11.6 Å². The summed E-state index contributed by atoms with van der Waals surface area (Å²) in [5, 5.41) is 3.13. The van der Waals surface area contributed by atoms with Crippen LogP contribution < -0.4 is 16.0 Å². The molecule has 4 heteroatoms. The van der Waals surface area contributed by atoms with Crippen LogP contribution >= 0.6 is 0 Å². The molecule has 3 unspecified atom stereocenters. The van der Waals surface area contributed by atoms with E-state index in [1.165, 1.54) is 11.3 Å². The fourth-order valence-electron chi connectivity index (χ4n) is 4.18. The third-order valence-corrected chi connectivity index (χ3v) is 5.57. The van der Waals surface area contributed by atoms with Crippen LogP contribution in [0.2, 0.25) is 0 Å². The van der Waals surface area contributed by atoms with E-state index in [0.29, 0.717) is 12.6 Å². The van der Waals surface area contributed by atoms with Gasteiger partial charge in [-0.05, 0) is 44.7 Å². The van der Waals surface area contributed by atoms with Gasteiger partial charge in [0.2, 0.25) is 5.91 Å². The molecule has 1 aliphatic carbocycles. The Morgan fingerprint density at radius 1 is 1.39 bits per heavy atom. The zero-order valence-corrected chi connectivity index (χ0v) is 14.3. The van der Waals surface area contributed by atoms with Gasteiger partial charge in [-0.15, -0.1) is 0 Å². The maximum atomic E-state index is 12.5. The summed E-state index contributed by atoms with van der Waals surface area (Å²) < 4.78 is 0. The maximum Gasteiger partial charge on any atom is 0.225 e. The third-order valence-electron chi connectivity index (χ3n) is 5.57. The summed E-state index contributed by atoms with van der Waals surface area (Å²) in [5.41, 5.74) is 8.71. The van der Waals surface area contributed by atoms with Crippen LogP contribution in [-0.2, 0) is 11.2 Å². The molecule has 1 saturated carbocycles. The van der Waals surface area contributed by atoms with Crippen LogP contribution in [0.4, 0.5) is 5.69 Å². The number of rotatable bonds is 4. The van der Waals surface area contributed by atoms with Gasteiger partial charge in [-0.2, -0.15) is 0 Å². The molecule has 1 amide bonds. The number of fused-ring (bicyclic) bond motifs is 1. The SMILES string of the molecule is CC1Cc2ccccc2N1CCNC(=O)C1CCCCC1(C)N. The molecule has 1 fully saturated rings. The topological polar surface area (TPSA) is 58.4 Å². The average Bonchev–Trinajstić information content (AvgIpc) is 2.82. The van der Waals surface area contributed by atoms with E-state index in [1.807, 2.05) is 6.92 Å². The first-order valence-corrected chi connectivity index (χ1v) is 8.90. The first-order valence-electron chi connectivity index (χ1n) is 8.90. The number of para-hydroxylation sites is 1. The van der Waals surface area contributed by atoms with Crippen LogP contribution in [0.5, 0.6) is 0 Å². The minimum Gasteiger partial charge on any atom is -0.367 e. The van der Waals surface area contributed by atoms with E-state index in [9.17, 15) is 4.79 Å². The van der Waals surface area contributed by atoms with Crippen molar-refractivity contribution in [3.05, 3.63) is 29.8 Å². The molecule has 3 atom stereocenters. The molecule has 3 rings (SSSR count). The van der Waals surface area contributed by atoms with Gasteiger partial charge in [0.05, 0.1) is 5.92 Å². The van der Waals surface area contributed by atoms with Crippen molar-refractivity contribution in [1.29, 1.82) is 0 Å². The normalized spacial score (nSPS) is 30.1. The first kappa shape index (κ1) is 16.3. The Bertz CT molecular complexity index is 569. The number of amides is 1. The molecule has 1 heterocycles. The van der Waals surface area contributed by atoms with Crippen LogP contribution in [0.15, 0.2) is 24.3 Å². The Morgan fingerprint density at radius 3 is 2.96 bits per heavy atom. The van der Waals surface area contributed by atoms with Crippen LogP contribution in [0.1, 0.15) is 45.1 Å². The van der Waals surface area contributed by atoms with Gasteiger partial charge in [0.15, 0.2) is 0 Å². The molecule has 0 aromatic heterocycles. The molecule has 1 aliphatic heterocycles. The van der Waals surface area contributed by atoms with E-state index in [0.717, 1.165) is 38.6 Å². The fraction of sp³-hybridized carbons (Fsp3) is 0.632. The molecular weight excluding hydrogens is 286 g/mol. The number of nitrogens with one attached hydrogen (secondary N) is 1. The second kappa shape index (κ2) is 6.52. The summed E-state index contributed by atoms with van der Waals surface area (Å²) in [4.78, 5) is 14.9. The van der Waals surface area contributed by atoms with Crippen molar-refractivity contribution in [2.75, 3.05) is 18.0 Å². The molecule has 0 radical (unpaired) electrons. The predicted octanol–water partition coefficient (Wildman–Crippen LogP) is 2.46. The summed E-state index contributed by atoms with van der Waals surface area (Å²) in [6.45, 7) is 5.82. The molecule has 0 spiro atoms. The summed E-state index contributed by atoms with van der Waals surface area (Å²) in [6, 6.07) is 9.07. The van der Waals surface area contributed by atoms with Crippen LogP contribution in [0.3, 0.4) is 0 Å². The van der Waals surface area contributed by atoms with E-state index in [4.69, 9.17) is 5.73 Å². The summed E-state index contributed by atoms with van der Waals surface area (Å²) in [6.07, 6.45) is 5.21. The van der Waals surface area contributed by atoms with E-state index in [1.54, 1.807) is 0 Å². The Balaban J connectivity index is 1.54. The fourth-order valence-corrected chi connectivity index (χ4v) is 4.18. The van der Waals surface area contributed by atoms with Crippen molar-refractivity contribution in [3.63, 3.8) is 0 Å². The quantitative estimate of drug-likeness (QED) is 0.897. The third kappa shape index (κ3) is 3.37. The highest BCUT2D eigenvalue weighted by Crippen LogP contribution is 2.32. The molecule has 23 heavy (non-hydrogen) atoms. The number of benzene rings is 1. The number of nitrogens with two attached hydrogens (primary N) is 1. The lowest BCUT2D eigenvalue weighted by atomic mass is 9.74. The second-order valence-electron chi connectivity index (χ2n) is 7.47. The van der Waals surface area contributed by atoms with Gasteiger partial charge in [-0.1, -0.05) is 31.0 Å². The molecule has 1 aromatic carbocycles. The van der Waals surface area contributed by atoms with Gasteiger partial charge in [0.1, 0.15) is 0 Å². The van der Waals surface area contributed by atoms with Gasteiger partial charge in [-0.3, -0.25) is 4.79 Å². The molecular formula is C19H29N3O. The number of anilines is 1. The second-order valence-corrected chi connectivity index (χ2v) is 7.47. The monoisotopic (exact) mass is 315 g/mol. The minimum absolute atomic E-state index is 0.0421. The van der Waals surface area contributed by atoms with Crippen molar-refractivity contribution in [3.8, 4) is 0 Å². The molecule has 126 valence electrons. The Kier molecular flexibility index (Phi) is 4.62. The molecule has 3 N–H and O–H groups in total. The number of carbonyl (C=O) groups is 1. The molecule has 4 nitrogen and oxygen atoms in total. The zero-order valence-electron chi connectivity index (χ0n) is 14.3. The van der Waals surface area contributed by atoms with Crippen LogP contribution in [-0.4, -0.2) is 30.6 Å². The Morgan fingerprint density at radius 2 is 2.17 bits per heavy atom. The lowest BCUT2D eigenvalue weighted by molar-refractivity contribution is -0.128. The Hall–Kier alpha value is -1.55. The van der Waals surface area contributed by atoms with Crippen molar-refractivity contribution in [2.45, 2.75) is 57.5 Å². The molecule has 0 bridgehead atoms. The number of hydrogen-bond acceptors (Lipinski definition) is 3. The largest absolute Gasteiger partial charge is 0.367 e. The van der Waals surface area contributed by atoms with E-state index in [2.05, 4.69) is 41.4 Å². The van der Waals surface area contributed by atoms with Gasteiger partial charge >= 0.3 is 0 Å². The van der Waals surface area contributed by atoms with E-state index >= 15 is 0 Å². The standard InChI is InChI=1S/C19H29N3O/c1-14-13-15-7-3-4-9-17(15)22(14)12-11-21-18(23)16-8-5-6-10-19(16,2)20/h3-4,7,9,14,16H,5-6,8,10-13,20H2,1-2H3,(H,21,23). The minimum atomic E-state index is -0.351. The van der Waals surface area contributed by atoms with Crippen molar-refractivity contribution in [1.82, 2.24) is 5.32 Å². The van der Waals surface area contributed by atoms with E-state index in [-0.39, 0.29) is 17.4 Å². The average molecular weight is 315 g/mol.